The highest BCUT2D eigenvalue weighted by molar-refractivity contribution is 5.85. The van der Waals surface area contributed by atoms with E-state index in [0.717, 1.165) is 37.1 Å². The summed E-state index contributed by atoms with van der Waals surface area (Å²) in [7, 11) is 1.69. The number of hydrogen-bond acceptors (Lipinski definition) is 10. The smallest absolute Gasteiger partial charge is 0.222 e. The maximum Gasteiger partial charge on any atom is 0.222 e. The zero-order valence-electron chi connectivity index (χ0n) is 25.3. The van der Waals surface area contributed by atoms with Crippen molar-refractivity contribution in [3.05, 3.63) is 29.7 Å². The lowest BCUT2D eigenvalue weighted by molar-refractivity contribution is -0.0827. The van der Waals surface area contributed by atoms with Crippen LogP contribution in [-0.2, 0) is 11.3 Å². The number of aliphatic hydroxyl groups is 1. The Morgan fingerprint density at radius 1 is 1.05 bits per heavy atom. The molecule has 3 fully saturated rings. The van der Waals surface area contributed by atoms with Gasteiger partial charge in [-0.3, -0.25) is 14.6 Å². The predicted molar refractivity (Wildman–Crippen MR) is 164 cm³/mol. The zero-order valence-corrected chi connectivity index (χ0v) is 25.3. The molecule has 0 aromatic carbocycles. The maximum absolute atomic E-state index is 8.29. The van der Waals surface area contributed by atoms with Crippen LogP contribution in [0.15, 0.2) is 18.5 Å². The summed E-state index contributed by atoms with van der Waals surface area (Å²) in [6, 6.07) is 2.89. The standard InChI is InChI=1S/C25H34N8O2.C6H14O/c1-34-21-10-17(11-28-20(21)13-33-22-19(12-29-33)30-24(27)31-23(22)26)16-2-6-25(7-3-16)14-32(15-25)18-4-8-35-9-5-18;1-2-3-4-5-6-7/h10-12,16,18H,2-9,13-15H2,1H3,(H4,26,27,30,31);7H,2-6H2,1H3. The Hall–Kier alpha value is -3.02. The lowest BCUT2D eigenvalue weighted by Crippen LogP contribution is -2.61. The first kappa shape index (κ1) is 30.4. The molecule has 0 radical (unpaired) electrons. The highest BCUT2D eigenvalue weighted by Crippen LogP contribution is 2.49. The minimum Gasteiger partial charge on any atom is -0.495 e. The summed E-state index contributed by atoms with van der Waals surface area (Å²) >= 11 is 0. The van der Waals surface area contributed by atoms with Gasteiger partial charge in [-0.2, -0.15) is 10.1 Å². The van der Waals surface area contributed by atoms with Crippen molar-refractivity contribution in [2.24, 2.45) is 5.41 Å². The van der Waals surface area contributed by atoms with Gasteiger partial charge >= 0.3 is 0 Å². The molecule has 11 heteroatoms. The second kappa shape index (κ2) is 14.0. The lowest BCUT2D eigenvalue weighted by atomic mass is 9.64. The first-order chi connectivity index (χ1) is 20.4. The Kier molecular flexibility index (Phi) is 10.1. The average Bonchev–Trinajstić information content (AvgIpc) is 3.40. The van der Waals surface area contributed by atoms with Crippen molar-refractivity contribution >= 4 is 22.8 Å². The van der Waals surface area contributed by atoms with Gasteiger partial charge < -0.3 is 26.0 Å². The molecule has 1 spiro atoms. The number of nitrogens with zero attached hydrogens (tertiary/aromatic N) is 6. The van der Waals surface area contributed by atoms with Gasteiger partial charge in [-0.05, 0) is 67.9 Å². The molecule has 0 unspecified atom stereocenters. The quantitative estimate of drug-likeness (QED) is 0.315. The number of anilines is 2. The number of nitrogen functional groups attached to an aromatic ring is 2. The molecule has 0 atom stereocenters. The van der Waals surface area contributed by atoms with Crippen LogP contribution in [0.1, 0.15) is 88.3 Å². The largest absolute Gasteiger partial charge is 0.495 e. The highest BCUT2D eigenvalue weighted by atomic mass is 16.5. The van der Waals surface area contributed by atoms with Gasteiger partial charge in [0.1, 0.15) is 22.5 Å². The first-order valence-electron chi connectivity index (χ1n) is 15.6. The fourth-order valence-electron chi connectivity index (χ4n) is 6.86. The van der Waals surface area contributed by atoms with Crippen molar-refractivity contribution in [2.45, 2.75) is 89.6 Å². The van der Waals surface area contributed by atoms with Crippen LogP contribution >= 0.6 is 0 Å². The van der Waals surface area contributed by atoms with Crippen LogP contribution in [-0.4, -0.2) is 80.8 Å². The van der Waals surface area contributed by atoms with E-state index < -0.39 is 0 Å². The molecule has 11 nitrogen and oxygen atoms in total. The third-order valence-electron chi connectivity index (χ3n) is 9.32. The van der Waals surface area contributed by atoms with E-state index >= 15 is 0 Å². The molecule has 5 heterocycles. The minimum atomic E-state index is 0.141. The molecular weight excluding hydrogens is 532 g/mol. The van der Waals surface area contributed by atoms with E-state index in [-0.39, 0.29) is 5.95 Å². The molecule has 0 amide bonds. The molecule has 1 saturated carbocycles. The number of ether oxygens (including phenoxy) is 2. The van der Waals surface area contributed by atoms with Crippen molar-refractivity contribution in [1.29, 1.82) is 0 Å². The zero-order chi connectivity index (χ0) is 29.5. The third-order valence-corrected chi connectivity index (χ3v) is 9.32. The summed E-state index contributed by atoms with van der Waals surface area (Å²) in [5.74, 6) is 1.76. The van der Waals surface area contributed by atoms with E-state index in [9.17, 15) is 0 Å². The summed E-state index contributed by atoms with van der Waals surface area (Å²) in [6.45, 7) is 7.32. The van der Waals surface area contributed by atoms with Gasteiger partial charge in [-0.25, -0.2) is 4.98 Å². The molecule has 230 valence electrons. The molecule has 0 bridgehead atoms. The minimum absolute atomic E-state index is 0.141. The topological polar surface area (TPSA) is 150 Å². The molecule has 1 aliphatic carbocycles. The Morgan fingerprint density at radius 2 is 1.81 bits per heavy atom. The van der Waals surface area contributed by atoms with Gasteiger partial charge in [0.15, 0.2) is 5.82 Å². The summed E-state index contributed by atoms with van der Waals surface area (Å²) in [4.78, 5) is 15.8. The van der Waals surface area contributed by atoms with E-state index in [2.05, 4.69) is 33.0 Å². The maximum atomic E-state index is 8.29. The van der Waals surface area contributed by atoms with Crippen LogP contribution < -0.4 is 16.2 Å². The molecule has 3 aromatic rings. The number of aromatic nitrogens is 5. The van der Waals surface area contributed by atoms with E-state index in [1.54, 1.807) is 18.0 Å². The van der Waals surface area contributed by atoms with Crippen LogP contribution in [0.4, 0.5) is 11.8 Å². The number of fused-ring (bicyclic) bond motifs is 1. The monoisotopic (exact) mass is 580 g/mol. The highest BCUT2D eigenvalue weighted by Gasteiger charge is 2.47. The van der Waals surface area contributed by atoms with E-state index in [1.807, 2.05) is 6.20 Å². The van der Waals surface area contributed by atoms with Gasteiger partial charge in [0, 0.05) is 45.1 Å². The lowest BCUT2D eigenvalue weighted by Gasteiger charge is -2.56. The van der Waals surface area contributed by atoms with E-state index in [4.69, 9.17) is 31.0 Å². The van der Waals surface area contributed by atoms with Gasteiger partial charge in [0.05, 0.1) is 19.9 Å². The van der Waals surface area contributed by atoms with E-state index in [1.165, 1.54) is 76.4 Å². The SMILES string of the molecule is CCCCCCO.COc1cc(C2CCC3(CC2)CN(C2CCOCC2)C3)cnc1Cn1ncc2nc(N)nc(N)c21. The summed E-state index contributed by atoms with van der Waals surface area (Å²) in [5.41, 5.74) is 15.7. The van der Waals surface area contributed by atoms with Crippen molar-refractivity contribution < 1.29 is 14.6 Å². The Morgan fingerprint density at radius 3 is 2.50 bits per heavy atom. The molecular formula is C31H48N8O3. The Labute approximate surface area is 249 Å². The van der Waals surface area contributed by atoms with Crippen LogP contribution in [0.3, 0.4) is 0 Å². The molecule has 5 N–H and O–H groups in total. The van der Waals surface area contributed by atoms with Crippen molar-refractivity contribution in [1.82, 2.24) is 29.6 Å². The average molecular weight is 581 g/mol. The fourth-order valence-corrected chi connectivity index (χ4v) is 6.86. The number of likely N-dealkylation sites (tertiary alicyclic amines) is 1. The normalized spacial score (nSPS) is 19.4. The second-order valence-corrected chi connectivity index (χ2v) is 12.2. The van der Waals surface area contributed by atoms with Crippen LogP contribution in [0.2, 0.25) is 0 Å². The number of unbranched alkanes of at least 4 members (excludes halogenated alkanes) is 3. The summed E-state index contributed by atoms with van der Waals surface area (Å²) in [6.07, 6.45) is 15.7. The van der Waals surface area contributed by atoms with Crippen molar-refractivity contribution in [3.63, 3.8) is 0 Å². The molecule has 6 rings (SSSR count). The van der Waals surface area contributed by atoms with Crippen molar-refractivity contribution in [3.8, 4) is 5.75 Å². The number of pyridine rings is 1. The summed E-state index contributed by atoms with van der Waals surface area (Å²) < 4.78 is 13.0. The third kappa shape index (κ3) is 6.95. The Balaban J connectivity index is 0.000000451. The Bertz CT molecular complexity index is 1290. The second-order valence-electron chi connectivity index (χ2n) is 12.2. The van der Waals surface area contributed by atoms with Crippen LogP contribution in [0.25, 0.3) is 11.0 Å². The van der Waals surface area contributed by atoms with Gasteiger partial charge in [-0.15, -0.1) is 0 Å². The van der Waals surface area contributed by atoms with Gasteiger partial charge in [0.25, 0.3) is 0 Å². The molecule has 42 heavy (non-hydrogen) atoms. The number of methoxy groups -OCH3 is 1. The summed E-state index contributed by atoms with van der Waals surface area (Å²) in [5, 5.41) is 12.7. The number of hydrogen-bond donors (Lipinski definition) is 3. The molecule has 3 aliphatic rings. The van der Waals surface area contributed by atoms with Crippen molar-refractivity contribution in [2.75, 3.05) is 51.5 Å². The number of aliphatic hydroxyl groups excluding tert-OH is 1. The van der Waals surface area contributed by atoms with Crippen LogP contribution in [0, 0.1) is 5.41 Å². The molecule has 3 aromatic heterocycles. The van der Waals surface area contributed by atoms with Gasteiger partial charge in [0.2, 0.25) is 5.95 Å². The molecule has 2 aliphatic heterocycles. The van der Waals surface area contributed by atoms with Crippen LogP contribution in [0.5, 0.6) is 5.75 Å². The van der Waals surface area contributed by atoms with Gasteiger partial charge in [-0.1, -0.05) is 26.2 Å². The van der Waals surface area contributed by atoms with E-state index in [0.29, 0.717) is 41.3 Å². The number of rotatable bonds is 9. The predicted octanol–water partition coefficient (Wildman–Crippen LogP) is 4.14. The number of nitrogens with two attached hydrogens (primary N) is 2. The fraction of sp³-hybridized carbons (Fsp3) is 0.677. The molecule has 2 saturated heterocycles. The first-order valence-corrected chi connectivity index (χ1v) is 15.6.